The molecule has 1 fully saturated rings. The molecule has 0 unspecified atom stereocenters. The summed E-state index contributed by atoms with van der Waals surface area (Å²) in [5.41, 5.74) is 1.30. The van der Waals surface area contributed by atoms with Gasteiger partial charge in [-0.2, -0.15) is 0 Å². The number of ether oxygens (including phenoxy) is 1. The van der Waals surface area contributed by atoms with E-state index in [4.69, 9.17) is 4.74 Å². The van der Waals surface area contributed by atoms with Gasteiger partial charge in [0, 0.05) is 0 Å². The van der Waals surface area contributed by atoms with Crippen molar-refractivity contribution < 1.29 is 9.53 Å². The normalized spacial score (nSPS) is 29.1. The molecule has 0 bridgehead atoms. The van der Waals surface area contributed by atoms with E-state index in [0.717, 1.165) is 25.7 Å². The monoisotopic (exact) mass is 276 g/mol. The van der Waals surface area contributed by atoms with Crippen molar-refractivity contribution in [2.75, 3.05) is 7.11 Å². The standard InChI is InChI=1S/C16H22O2.C2H6/c1-15(13-7-5-4-6-8-13)9-11-16(2,12-10-15)14(17)18-3;1-2/h4-8H,9-12H2,1-3H3;1-2H3. The van der Waals surface area contributed by atoms with Gasteiger partial charge in [0.1, 0.15) is 0 Å². The Morgan fingerprint density at radius 2 is 1.50 bits per heavy atom. The van der Waals surface area contributed by atoms with Gasteiger partial charge >= 0.3 is 5.97 Å². The minimum atomic E-state index is -0.289. The van der Waals surface area contributed by atoms with Gasteiger partial charge in [0.2, 0.25) is 0 Å². The van der Waals surface area contributed by atoms with Crippen molar-refractivity contribution in [3.8, 4) is 0 Å². The lowest BCUT2D eigenvalue weighted by Crippen LogP contribution is -2.39. The summed E-state index contributed by atoms with van der Waals surface area (Å²) in [5, 5.41) is 0. The maximum atomic E-state index is 11.8. The second-order valence-corrected chi connectivity index (χ2v) is 5.98. The Morgan fingerprint density at radius 1 is 1.00 bits per heavy atom. The number of hydrogen-bond donors (Lipinski definition) is 0. The number of methoxy groups -OCH3 is 1. The SMILES string of the molecule is CC.COC(=O)C1(C)CCC(C)(c2ccccc2)CC1. The minimum Gasteiger partial charge on any atom is -0.469 e. The van der Waals surface area contributed by atoms with Crippen LogP contribution in [0.4, 0.5) is 0 Å². The summed E-state index contributed by atoms with van der Waals surface area (Å²) in [4.78, 5) is 11.8. The lowest BCUT2D eigenvalue weighted by Gasteiger charge is -2.41. The molecule has 0 aromatic heterocycles. The number of esters is 1. The Hall–Kier alpha value is -1.31. The molecule has 2 rings (SSSR count). The quantitative estimate of drug-likeness (QED) is 0.730. The second kappa shape index (κ2) is 6.92. The van der Waals surface area contributed by atoms with Gasteiger partial charge in [-0.05, 0) is 43.6 Å². The molecule has 1 aromatic rings. The molecular weight excluding hydrogens is 248 g/mol. The van der Waals surface area contributed by atoms with Gasteiger partial charge in [0.15, 0.2) is 0 Å². The maximum absolute atomic E-state index is 11.8. The third kappa shape index (κ3) is 3.41. The van der Waals surface area contributed by atoms with Crippen molar-refractivity contribution in [2.24, 2.45) is 5.41 Å². The molecule has 0 atom stereocenters. The van der Waals surface area contributed by atoms with Crippen LogP contribution in [0.15, 0.2) is 30.3 Å². The molecule has 2 heteroatoms. The Bertz CT molecular complexity index is 414. The Balaban J connectivity index is 0.000000956. The molecule has 0 amide bonds. The van der Waals surface area contributed by atoms with E-state index in [1.165, 1.54) is 12.7 Å². The van der Waals surface area contributed by atoms with E-state index in [0.29, 0.717) is 0 Å². The molecule has 2 nitrogen and oxygen atoms in total. The first-order valence-corrected chi connectivity index (χ1v) is 7.64. The first-order chi connectivity index (χ1) is 9.50. The zero-order valence-electron chi connectivity index (χ0n) is 13.5. The summed E-state index contributed by atoms with van der Waals surface area (Å²) in [7, 11) is 1.48. The van der Waals surface area contributed by atoms with Crippen LogP contribution in [0.2, 0.25) is 0 Å². The highest BCUT2D eigenvalue weighted by atomic mass is 16.5. The highest BCUT2D eigenvalue weighted by Crippen LogP contribution is 2.47. The fourth-order valence-corrected chi connectivity index (χ4v) is 2.93. The van der Waals surface area contributed by atoms with Gasteiger partial charge in [-0.15, -0.1) is 0 Å². The van der Waals surface area contributed by atoms with E-state index in [9.17, 15) is 4.79 Å². The summed E-state index contributed by atoms with van der Waals surface area (Å²) in [6.45, 7) is 8.34. The predicted octanol–water partition coefficient (Wildman–Crippen LogP) is 4.72. The molecule has 0 spiro atoms. The minimum absolute atomic E-state index is 0.0578. The maximum Gasteiger partial charge on any atom is 0.311 e. The number of carbonyl (C=O) groups is 1. The second-order valence-electron chi connectivity index (χ2n) is 5.98. The average Bonchev–Trinajstić information content (AvgIpc) is 2.52. The molecule has 0 aliphatic heterocycles. The predicted molar refractivity (Wildman–Crippen MR) is 83.7 cm³/mol. The van der Waals surface area contributed by atoms with Crippen molar-refractivity contribution in [1.29, 1.82) is 0 Å². The third-order valence-corrected chi connectivity index (χ3v) is 4.61. The van der Waals surface area contributed by atoms with E-state index in [1.807, 2.05) is 26.8 Å². The van der Waals surface area contributed by atoms with Crippen LogP contribution in [0, 0.1) is 5.41 Å². The topological polar surface area (TPSA) is 26.3 Å². The van der Waals surface area contributed by atoms with Crippen LogP contribution in [-0.4, -0.2) is 13.1 Å². The van der Waals surface area contributed by atoms with Crippen LogP contribution in [0.1, 0.15) is 58.9 Å². The van der Waals surface area contributed by atoms with E-state index in [1.54, 1.807) is 0 Å². The lowest BCUT2D eigenvalue weighted by molar-refractivity contribution is -0.154. The van der Waals surface area contributed by atoms with Crippen molar-refractivity contribution in [2.45, 2.75) is 58.8 Å². The third-order valence-electron chi connectivity index (χ3n) is 4.61. The Labute approximate surface area is 123 Å². The van der Waals surface area contributed by atoms with Crippen LogP contribution < -0.4 is 0 Å². The average molecular weight is 276 g/mol. The molecule has 20 heavy (non-hydrogen) atoms. The summed E-state index contributed by atoms with van der Waals surface area (Å²) >= 11 is 0. The molecular formula is C18H28O2. The molecule has 1 saturated carbocycles. The van der Waals surface area contributed by atoms with E-state index in [2.05, 4.69) is 31.2 Å². The summed E-state index contributed by atoms with van der Waals surface area (Å²) in [5.74, 6) is -0.0578. The Morgan fingerprint density at radius 3 is 1.95 bits per heavy atom. The highest BCUT2D eigenvalue weighted by Gasteiger charge is 2.43. The van der Waals surface area contributed by atoms with Gasteiger partial charge < -0.3 is 4.74 Å². The summed E-state index contributed by atoms with van der Waals surface area (Å²) < 4.78 is 4.93. The zero-order valence-corrected chi connectivity index (χ0v) is 13.5. The van der Waals surface area contributed by atoms with E-state index < -0.39 is 0 Å². The molecule has 112 valence electrons. The number of hydrogen-bond acceptors (Lipinski definition) is 2. The summed E-state index contributed by atoms with van der Waals surface area (Å²) in [6, 6.07) is 10.6. The van der Waals surface area contributed by atoms with E-state index >= 15 is 0 Å². The largest absolute Gasteiger partial charge is 0.469 e. The molecule has 1 aromatic carbocycles. The van der Waals surface area contributed by atoms with Crippen molar-refractivity contribution >= 4 is 5.97 Å². The van der Waals surface area contributed by atoms with Gasteiger partial charge in [-0.3, -0.25) is 4.79 Å². The molecule has 0 heterocycles. The van der Waals surface area contributed by atoms with E-state index in [-0.39, 0.29) is 16.8 Å². The first-order valence-electron chi connectivity index (χ1n) is 7.64. The molecule has 0 saturated heterocycles. The van der Waals surface area contributed by atoms with Crippen LogP contribution in [0.5, 0.6) is 0 Å². The first kappa shape index (κ1) is 16.7. The van der Waals surface area contributed by atoms with Crippen molar-refractivity contribution in [3.05, 3.63) is 35.9 Å². The van der Waals surface area contributed by atoms with Crippen LogP contribution in [0.25, 0.3) is 0 Å². The van der Waals surface area contributed by atoms with Gasteiger partial charge in [0.05, 0.1) is 12.5 Å². The highest BCUT2D eigenvalue weighted by molar-refractivity contribution is 5.76. The lowest BCUT2D eigenvalue weighted by atomic mass is 9.63. The fraction of sp³-hybridized carbons (Fsp3) is 0.611. The van der Waals surface area contributed by atoms with Gasteiger partial charge in [-0.1, -0.05) is 51.1 Å². The molecule has 0 N–H and O–H groups in total. The van der Waals surface area contributed by atoms with Crippen LogP contribution in [-0.2, 0) is 14.9 Å². The smallest absolute Gasteiger partial charge is 0.311 e. The molecule has 1 aliphatic rings. The zero-order chi connectivity index (χ0) is 15.2. The van der Waals surface area contributed by atoms with Crippen molar-refractivity contribution in [3.63, 3.8) is 0 Å². The molecule has 1 aliphatic carbocycles. The molecule has 0 radical (unpaired) electrons. The Kier molecular flexibility index (Phi) is 5.79. The fourth-order valence-electron chi connectivity index (χ4n) is 2.93. The summed E-state index contributed by atoms with van der Waals surface area (Å²) in [6.07, 6.45) is 3.90. The van der Waals surface area contributed by atoms with Gasteiger partial charge in [0.25, 0.3) is 0 Å². The number of rotatable bonds is 2. The van der Waals surface area contributed by atoms with Crippen molar-refractivity contribution in [1.82, 2.24) is 0 Å². The van der Waals surface area contributed by atoms with Gasteiger partial charge in [-0.25, -0.2) is 0 Å². The van der Waals surface area contributed by atoms with Crippen LogP contribution >= 0.6 is 0 Å². The number of carbonyl (C=O) groups excluding carboxylic acids is 1. The van der Waals surface area contributed by atoms with Crippen LogP contribution in [0.3, 0.4) is 0 Å². The number of benzene rings is 1.